The average molecular weight is 322 g/mol. The van der Waals surface area contributed by atoms with Crippen molar-refractivity contribution in [2.24, 2.45) is 5.73 Å². The fourth-order valence-electron chi connectivity index (χ4n) is 2.60. The Balaban J connectivity index is 1.99. The minimum Gasteiger partial charge on any atom is -0.477 e. The summed E-state index contributed by atoms with van der Waals surface area (Å²) in [4.78, 5) is 13.6. The molecular weight excluding hydrogens is 306 g/mol. The minimum atomic E-state index is -1.06. The van der Waals surface area contributed by atoms with E-state index in [1.54, 1.807) is 24.3 Å². The van der Waals surface area contributed by atoms with E-state index < -0.39 is 5.97 Å². The molecule has 1 aliphatic heterocycles. The number of hydrogen-bond donors (Lipinski definition) is 2. The van der Waals surface area contributed by atoms with Gasteiger partial charge in [0.2, 0.25) is 0 Å². The fraction of sp³-hybridized carbons (Fsp3) is 0.333. The van der Waals surface area contributed by atoms with Crippen LogP contribution in [0.15, 0.2) is 28.8 Å². The Kier molecular flexibility index (Phi) is 4.04. The molecule has 0 amide bonds. The van der Waals surface area contributed by atoms with Crippen LogP contribution in [-0.4, -0.2) is 35.4 Å². The monoisotopic (exact) mass is 321 g/mol. The van der Waals surface area contributed by atoms with Gasteiger partial charge in [-0.1, -0.05) is 16.8 Å². The number of nitrogens with two attached hydrogens (primary N) is 1. The maximum Gasteiger partial charge on any atom is 0.343 e. The van der Waals surface area contributed by atoms with Gasteiger partial charge in [-0.15, -0.1) is 0 Å². The molecule has 0 spiro atoms. The number of carboxylic acid groups (broad SMARTS) is 1. The highest BCUT2D eigenvalue weighted by Gasteiger charge is 2.29. The standard InChI is InChI=1S/C15H16ClN3O3/c16-10-3-1-9(2-4-10)13-12(15(20)21)14(18-22-13)19-7-5-11(17)6-8-19/h1-4,11H,5-8,17H2,(H,20,21). The van der Waals surface area contributed by atoms with Gasteiger partial charge in [0.15, 0.2) is 17.1 Å². The van der Waals surface area contributed by atoms with Crippen molar-refractivity contribution in [3.63, 3.8) is 0 Å². The number of rotatable bonds is 3. The molecule has 3 rings (SSSR count). The first-order chi connectivity index (χ1) is 10.6. The van der Waals surface area contributed by atoms with Crippen LogP contribution in [-0.2, 0) is 0 Å². The summed E-state index contributed by atoms with van der Waals surface area (Å²) in [5, 5.41) is 14.1. The molecule has 6 nitrogen and oxygen atoms in total. The second-order valence-electron chi connectivity index (χ2n) is 5.35. The SMILES string of the molecule is NC1CCN(c2noc(-c3ccc(Cl)cc3)c2C(=O)O)CC1. The van der Waals surface area contributed by atoms with Crippen LogP contribution in [0.2, 0.25) is 5.02 Å². The molecule has 1 saturated heterocycles. The summed E-state index contributed by atoms with van der Waals surface area (Å²) >= 11 is 5.86. The number of piperidine rings is 1. The number of halogens is 1. The number of aromatic nitrogens is 1. The molecule has 0 bridgehead atoms. The Bertz CT molecular complexity index is 676. The smallest absolute Gasteiger partial charge is 0.343 e. The summed E-state index contributed by atoms with van der Waals surface area (Å²) in [6.07, 6.45) is 1.62. The lowest BCUT2D eigenvalue weighted by Crippen LogP contribution is -2.40. The molecule has 1 aliphatic rings. The third kappa shape index (κ3) is 2.80. The molecule has 3 N–H and O–H groups in total. The molecule has 22 heavy (non-hydrogen) atoms. The number of benzene rings is 1. The molecule has 7 heteroatoms. The third-order valence-electron chi connectivity index (χ3n) is 3.83. The number of carbonyl (C=O) groups is 1. The van der Waals surface area contributed by atoms with Crippen molar-refractivity contribution in [2.75, 3.05) is 18.0 Å². The van der Waals surface area contributed by atoms with Crippen LogP contribution in [0.25, 0.3) is 11.3 Å². The molecule has 0 aliphatic carbocycles. The lowest BCUT2D eigenvalue weighted by molar-refractivity contribution is 0.0697. The number of nitrogens with zero attached hydrogens (tertiary/aromatic N) is 2. The van der Waals surface area contributed by atoms with E-state index >= 15 is 0 Å². The highest BCUT2D eigenvalue weighted by molar-refractivity contribution is 6.30. The van der Waals surface area contributed by atoms with Gasteiger partial charge in [0, 0.05) is 29.7 Å². The second-order valence-corrected chi connectivity index (χ2v) is 5.78. The van der Waals surface area contributed by atoms with E-state index in [0.29, 0.717) is 29.5 Å². The maximum absolute atomic E-state index is 11.7. The number of hydrogen-bond acceptors (Lipinski definition) is 5. The van der Waals surface area contributed by atoms with E-state index in [4.69, 9.17) is 21.9 Å². The van der Waals surface area contributed by atoms with Gasteiger partial charge >= 0.3 is 5.97 Å². The predicted molar refractivity (Wildman–Crippen MR) is 83.3 cm³/mol. The van der Waals surface area contributed by atoms with E-state index in [1.165, 1.54) is 0 Å². The van der Waals surface area contributed by atoms with Crippen molar-refractivity contribution in [1.82, 2.24) is 5.16 Å². The van der Waals surface area contributed by atoms with E-state index in [2.05, 4.69) is 5.16 Å². The lowest BCUT2D eigenvalue weighted by Gasteiger charge is -2.30. The summed E-state index contributed by atoms with van der Waals surface area (Å²) in [6.45, 7) is 1.35. The summed E-state index contributed by atoms with van der Waals surface area (Å²) in [6, 6.07) is 6.96. The van der Waals surface area contributed by atoms with Gasteiger partial charge in [-0.3, -0.25) is 0 Å². The predicted octanol–water partition coefficient (Wildman–Crippen LogP) is 2.62. The van der Waals surface area contributed by atoms with Crippen molar-refractivity contribution in [3.8, 4) is 11.3 Å². The summed E-state index contributed by atoms with van der Waals surface area (Å²) in [7, 11) is 0. The minimum absolute atomic E-state index is 0.0813. The Hall–Kier alpha value is -2.05. The quantitative estimate of drug-likeness (QED) is 0.902. The maximum atomic E-state index is 11.7. The Labute approximate surface area is 132 Å². The third-order valence-corrected chi connectivity index (χ3v) is 4.09. The summed E-state index contributed by atoms with van der Waals surface area (Å²) in [5.41, 5.74) is 6.60. The van der Waals surface area contributed by atoms with Gasteiger partial charge in [0.05, 0.1) is 0 Å². The molecule has 1 fully saturated rings. The normalized spacial score (nSPS) is 16.0. The van der Waals surface area contributed by atoms with Crippen LogP contribution < -0.4 is 10.6 Å². The first-order valence-electron chi connectivity index (χ1n) is 7.05. The summed E-state index contributed by atoms with van der Waals surface area (Å²) < 4.78 is 5.32. The van der Waals surface area contributed by atoms with E-state index in [0.717, 1.165) is 12.8 Å². The van der Waals surface area contributed by atoms with Gasteiger partial charge in [-0.05, 0) is 37.1 Å². The number of carboxylic acids is 1. The highest BCUT2D eigenvalue weighted by atomic mass is 35.5. The lowest BCUT2D eigenvalue weighted by atomic mass is 10.0. The van der Waals surface area contributed by atoms with E-state index in [-0.39, 0.29) is 17.4 Å². The number of anilines is 1. The molecule has 0 saturated carbocycles. The van der Waals surface area contributed by atoms with Crippen molar-refractivity contribution < 1.29 is 14.4 Å². The molecule has 0 atom stereocenters. The van der Waals surface area contributed by atoms with Gasteiger partial charge in [0.25, 0.3) is 0 Å². The molecule has 0 radical (unpaired) electrons. The Morgan fingerprint density at radius 2 is 1.95 bits per heavy atom. The molecule has 1 aromatic carbocycles. The first-order valence-corrected chi connectivity index (χ1v) is 7.43. The van der Waals surface area contributed by atoms with Gasteiger partial charge in [-0.2, -0.15) is 0 Å². The van der Waals surface area contributed by atoms with Gasteiger partial charge in [-0.25, -0.2) is 4.79 Å². The molecule has 1 aromatic heterocycles. The fourth-order valence-corrected chi connectivity index (χ4v) is 2.73. The average Bonchev–Trinajstić information content (AvgIpc) is 2.94. The van der Waals surface area contributed by atoms with Crippen molar-refractivity contribution in [2.45, 2.75) is 18.9 Å². The molecule has 0 unspecified atom stereocenters. The molecule has 2 aromatic rings. The largest absolute Gasteiger partial charge is 0.477 e. The van der Waals surface area contributed by atoms with Crippen LogP contribution in [0, 0.1) is 0 Å². The van der Waals surface area contributed by atoms with Crippen molar-refractivity contribution in [1.29, 1.82) is 0 Å². The Morgan fingerprint density at radius 3 is 2.55 bits per heavy atom. The van der Waals surface area contributed by atoms with Gasteiger partial charge < -0.3 is 20.3 Å². The molecule has 116 valence electrons. The van der Waals surface area contributed by atoms with Crippen LogP contribution in [0.5, 0.6) is 0 Å². The van der Waals surface area contributed by atoms with Crippen LogP contribution in [0.4, 0.5) is 5.82 Å². The van der Waals surface area contributed by atoms with Gasteiger partial charge in [0.1, 0.15) is 0 Å². The second kappa shape index (κ2) is 5.98. The van der Waals surface area contributed by atoms with Crippen LogP contribution >= 0.6 is 11.6 Å². The zero-order valence-corrected chi connectivity index (χ0v) is 12.6. The summed E-state index contributed by atoms with van der Waals surface area (Å²) in [5.74, 6) is -0.450. The number of aromatic carboxylic acids is 1. The first kappa shape index (κ1) is 14.9. The van der Waals surface area contributed by atoms with Crippen molar-refractivity contribution in [3.05, 3.63) is 34.9 Å². The van der Waals surface area contributed by atoms with E-state index in [9.17, 15) is 9.90 Å². The topological polar surface area (TPSA) is 92.6 Å². The molecule has 2 heterocycles. The van der Waals surface area contributed by atoms with Crippen LogP contribution in [0.1, 0.15) is 23.2 Å². The van der Waals surface area contributed by atoms with Crippen LogP contribution in [0.3, 0.4) is 0 Å². The zero-order chi connectivity index (χ0) is 15.7. The zero-order valence-electron chi connectivity index (χ0n) is 11.8. The van der Waals surface area contributed by atoms with Crippen molar-refractivity contribution >= 4 is 23.4 Å². The van der Waals surface area contributed by atoms with E-state index in [1.807, 2.05) is 4.90 Å². The highest BCUT2D eigenvalue weighted by Crippen LogP contribution is 2.33. The Morgan fingerprint density at radius 1 is 1.32 bits per heavy atom. The molecular formula is C15H16ClN3O3.